The van der Waals surface area contributed by atoms with E-state index < -0.39 is 0 Å². The number of aromatic nitrogens is 1. The number of thiocarbonyl (C=S) groups is 1. The minimum atomic E-state index is 0.0635. The molecule has 102 valence electrons. The summed E-state index contributed by atoms with van der Waals surface area (Å²) in [4.78, 5) is 4.84. The molecular formula is C15H15N3OS. The van der Waals surface area contributed by atoms with Gasteiger partial charge in [-0.2, -0.15) is 0 Å². The van der Waals surface area contributed by atoms with E-state index in [4.69, 9.17) is 22.7 Å². The first-order chi connectivity index (χ1) is 9.65. The first-order valence-electron chi connectivity index (χ1n) is 6.41. The monoisotopic (exact) mass is 285 g/mol. The molecule has 0 spiro atoms. The Morgan fingerprint density at radius 2 is 2.15 bits per heavy atom. The van der Waals surface area contributed by atoms with Crippen LogP contribution in [0.1, 0.15) is 22.9 Å². The van der Waals surface area contributed by atoms with Crippen LogP contribution in [0.15, 0.2) is 36.4 Å². The summed E-state index contributed by atoms with van der Waals surface area (Å²) in [5, 5.41) is 3.38. The van der Waals surface area contributed by atoms with Gasteiger partial charge >= 0.3 is 0 Å². The van der Waals surface area contributed by atoms with E-state index in [9.17, 15) is 0 Å². The molecule has 0 fully saturated rings. The molecule has 0 aliphatic carbocycles. The van der Waals surface area contributed by atoms with Crippen LogP contribution in [0.25, 0.3) is 0 Å². The van der Waals surface area contributed by atoms with E-state index in [0.717, 1.165) is 22.6 Å². The third kappa shape index (κ3) is 2.32. The summed E-state index contributed by atoms with van der Waals surface area (Å²) in [6.45, 7) is 2.51. The van der Waals surface area contributed by atoms with E-state index in [1.165, 1.54) is 0 Å². The minimum Gasteiger partial charge on any atom is -0.491 e. The molecule has 5 heteroatoms. The maximum Gasteiger partial charge on any atom is 0.137 e. The van der Waals surface area contributed by atoms with E-state index in [2.05, 4.69) is 16.4 Å². The highest BCUT2D eigenvalue weighted by molar-refractivity contribution is 7.80. The fraction of sp³-hybridized carbons (Fsp3) is 0.200. The van der Waals surface area contributed by atoms with E-state index in [1.807, 2.05) is 37.3 Å². The number of hydrogen-bond donors (Lipinski definition) is 2. The number of nitrogens with two attached hydrogens (primary N) is 1. The van der Waals surface area contributed by atoms with Crippen LogP contribution in [0.5, 0.6) is 5.75 Å². The zero-order valence-corrected chi connectivity index (χ0v) is 11.9. The van der Waals surface area contributed by atoms with Gasteiger partial charge < -0.3 is 15.8 Å². The Morgan fingerprint density at radius 3 is 2.95 bits per heavy atom. The van der Waals surface area contributed by atoms with Gasteiger partial charge in [0.25, 0.3) is 0 Å². The second-order valence-electron chi connectivity index (χ2n) is 4.76. The third-order valence-corrected chi connectivity index (χ3v) is 3.53. The molecule has 0 amide bonds. The van der Waals surface area contributed by atoms with E-state index in [-0.39, 0.29) is 6.04 Å². The van der Waals surface area contributed by atoms with Crippen molar-refractivity contribution in [1.29, 1.82) is 0 Å². The van der Waals surface area contributed by atoms with Crippen molar-refractivity contribution in [2.75, 3.05) is 11.9 Å². The Bertz CT molecular complexity index is 672. The van der Waals surface area contributed by atoms with Crippen molar-refractivity contribution in [3.63, 3.8) is 0 Å². The highest BCUT2D eigenvalue weighted by atomic mass is 32.1. The summed E-state index contributed by atoms with van der Waals surface area (Å²) in [5.41, 5.74) is 8.56. The molecule has 4 nitrogen and oxygen atoms in total. The number of rotatable bonds is 3. The van der Waals surface area contributed by atoms with Gasteiger partial charge in [-0.1, -0.05) is 30.4 Å². The number of hydrogen-bond acceptors (Lipinski definition) is 4. The molecule has 1 atom stereocenters. The largest absolute Gasteiger partial charge is 0.491 e. The van der Waals surface area contributed by atoms with E-state index in [1.54, 1.807) is 0 Å². The van der Waals surface area contributed by atoms with Crippen LogP contribution >= 0.6 is 12.2 Å². The van der Waals surface area contributed by atoms with Crippen molar-refractivity contribution in [3.8, 4) is 5.75 Å². The van der Waals surface area contributed by atoms with E-state index in [0.29, 0.717) is 17.4 Å². The molecule has 2 heterocycles. The molecule has 1 aliphatic rings. The first-order valence-corrected chi connectivity index (χ1v) is 6.81. The Balaban J connectivity index is 1.93. The lowest BCUT2D eigenvalue weighted by Crippen LogP contribution is -2.18. The zero-order valence-electron chi connectivity index (χ0n) is 11.1. The van der Waals surface area contributed by atoms with Crippen LogP contribution in [-0.4, -0.2) is 16.6 Å². The summed E-state index contributed by atoms with van der Waals surface area (Å²) in [6, 6.07) is 11.8. The van der Waals surface area contributed by atoms with Gasteiger partial charge in [0.2, 0.25) is 0 Å². The predicted octanol–water partition coefficient (Wildman–Crippen LogP) is 2.57. The fourth-order valence-corrected chi connectivity index (χ4v) is 2.48. The Kier molecular flexibility index (Phi) is 3.28. The molecule has 0 radical (unpaired) electrons. The van der Waals surface area contributed by atoms with Crippen molar-refractivity contribution in [1.82, 2.24) is 4.98 Å². The van der Waals surface area contributed by atoms with Crippen LogP contribution in [0.2, 0.25) is 0 Å². The lowest BCUT2D eigenvalue weighted by molar-refractivity contribution is 0.339. The second-order valence-corrected chi connectivity index (χ2v) is 5.20. The van der Waals surface area contributed by atoms with Crippen molar-refractivity contribution in [2.24, 2.45) is 5.73 Å². The highest BCUT2D eigenvalue weighted by Crippen LogP contribution is 2.34. The maximum absolute atomic E-state index is 5.75. The third-order valence-electron chi connectivity index (χ3n) is 3.31. The van der Waals surface area contributed by atoms with Gasteiger partial charge in [-0.25, -0.2) is 4.98 Å². The van der Waals surface area contributed by atoms with Crippen LogP contribution in [-0.2, 0) is 0 Å². The molecule has 1 aliphatic heterocycles. The number of nitrogens with zero attached hydrogens (tertiary/aromatic N) is 1. The number of fused-ring (bicyclic) bond motifs is 1. The molecule has 1 aromatic carbocycles. The van der Waals surface area contributed by atoms with E-state index >= 15 is 0 Å². The van der Waals surface area contributed by atoms with Gasteiger partial charge in [0.15, 0.2) is 0 Å². The lowest BCUT2D eigenvalue weighted by Gasteiger charge is -2.15. The summed E-state index contributed by atoms with van der Waals surface area (Å²) in [5.74, 6) is 1.62. The first kappa shape index (κ1) is 12.9. The molecule has 20 heavy (non-hydrogen) atoms. The lowest BCUT2D eigenvalue weighted by atomic mass is 10.1. The van der Waals surface area contributed by atoms with Crippen molar-refractivity contribution in [2.45, 2.75) is 13.0 Å². The van der Waals surface area contributed by atoms with Gasteiger partial charge in [-0.05, 0) is 25.1 Å². The van der Waals surface area contributed by atoms with Crippen molar-refractivity contribution in [3.05, 3.63) is 53.2 Å². The summed E-state index contributed by atoms with van der Waals surface area (Å²) >= 11 is 5.08. The SMILES string of the molecule is Cc1ccc(C(N)=S)c(NC2COc3ccccc32)n1. The number of ether oxygens (including phenoxy) is 1. The van der Waals surface area contributed by atoms with Gasteiger partial charge in [0.1, 0.15) is 23.2 Å². The molecular weight excluding hydrogens is 270 g/mol. The molecule has 1 aromatic heterocycles. The summed E-state index contributed by atoms with van der Waals surface area (Å²) in [7, 11) is 0. The quantitative estimate of drug-likeness (QED) is 0.849. The summed E-state index contributed by atoms with van der Waals surface area (Å²) in [6.07, 6.45) is 0. The molecule has 3 N–H and O–H groups in total. The van der Waals surface area contributed by atoms with Crippen LogP contribution in [0.4, 0.5) is 5.82 Å². The number of anilines is 1. The second kappa shape index (κ2) is 5.09. The number of aryl methyl sites for hydroxylation is 1. The van der Waals surface area contributed by atoms with Gasteiger partial charge in [-0.3, -0.25) is 0 Å². The van der Waals surface area contributed by atoms with Gasteiger partial charge in [0.05, 0.1) is 11.6 Å². The number of pyridine rings is 1. The number of benzene rings is 1. The highest BCUT2D eigenvalue weighted by Gasteiger charge is 2.24. The molecule has 0 saturated carbocycles. The van der Waals surface area contributed by atoms with Crippen LogP contribution in [0.3, 0.4) is 0 Å². The minimum absolute atomic E-state index is 0.0635. The fourth-order valence-electron chi connectivity index (χ4n) is 2.31. The van der Waals surface area contributed by atoms with Crippen molar-refractivity contribution < 1.29 is 4.74 Å². The smallest absolute Gasteiger partial charge is 0.137 e. The Hall–Kier alpha value is -2.14. The van der Waals surface area contributed by atoms with Crippen molar-refractivity contribution >= 4 is 23.0 Å². The average Bonchev–Trinajstić information content (AvgIpc) is 2.82. The van der Waals surface area contributed by atoms with Crippen LogP contribution in [0, 0.1) is 6.92 Å². The molecule has 0 saturated heterocycles. The molecule has 3 rings (SSSR count). The molecule has 0 bridgehead atoms. The average molecular weight is 285 g/mol. The Morgan fingerprint density at radius 1 is 1.35 bits per heavy atom. The van der Waals surface area contributed by atoms with Crippen LogP contribution < -0.4 is 15.8 Å². The standard InChI is InChI=1S/C15H15N3OS/c1-9-6-7-11(14(16)20)15(17-9)18-12-8-19-13-5-3-2-4-10(12)13/h2-7,12H,8H2,1H3,(H2,16,20)(H,17,18). The number of nitrogens with one attached hydrogen (secondary N) is 1. The predicted molar refractivity (Wildman–Crippen MR) is 83.2 cm³/mol. The number of para-hydroxylation sites is 1. The van der Waals surface area contributed by atoms with Gasteiger partial charge in [0, 0.05) is 11.3 Å². The van der Waals surface area contributed by atoms with Gasteiger partial charge in [-0.15, -0.1) is 0 Å². The molecule has 2 aromatic rings. The summed E-state index contributed by atoms with van der Waals surface area (Å²) < 4.78 is 5.66. The molecule has 1 unspecified atom stereocenters. The maximum atomic E-state index is 5.75. The topological polar surface area (TPSA) is 60.2 Å². The normalized spacial score (nSPS) is 16.4. The zero-order chi connectivity index (χ0) is 14.1. The Labute approximate surface area is 123 Å².